The molecule has 0 aliphatic rings. The topological polar surface area (TPSA) is 102 Å². The highest BCUT2D eigenvalue weighted by atomic mass is 19.4. The molecule has 11 heteroatoms. The molecule has 0 aliphatic heterocycles. The third-order valence-electron chi connectivity index (χ3n) is 3.81. The van der Waals surface area contributed by atoms with E-state index < -0.39 is 22.4 Å². The van der Waals surface area contributed by atoms with E-state index >= 15 is 0 Å². The maximum Gasteiger partial charge on any atom is 0.416 e. The van der Waals surface area contributed by atoms with Crippen molar-refractivity contribution < 1.29 is 22.8 Å². The highest BCUT2D eigenvalue weighted by Gasteiger charge is 2.31. The van der Waals surface area contributed by atoms with Crippen molar-refractivity contribution in [2.24, 2.45) is 0 Å². The summed E-state index contributed by atoms with van der Waals surface area (Å²) in [6.45, 7) is 0. The lowest BCUT2D eigenvalue weighted by Crippen LogP contribution is -2.07. The molecule has 3 aromatic rings. The van der Waals surface area contributed by atoms with Gasteiger partial charge < -0.3 is 15.4 Å². The van der Waals surface area contributed by atoms with Crippen molar-refractivity contribution in [2.75, 3.05) is 17.7 Å². The molecule has 3 rings (SSSR count). The molecular weight excluding hydrogens is 391 g/mol. The number of anilines is 4. The minimum Gasteiger partial charge on any atom is -0.497 e. The third-order valence-corrected chi connectivity index (χ3v) is 3.81. The van der Waals surface area contributed by atoms with E-state index in [1.54, 1.807) is 24.3 Å². The van der Waals surface area contributed by atoms with E-state index in [0.717, 1.165) is 18.5 Å². The summed E-state index contributed by atoms with van der Waals surface area (Å²) >= 11 is 0. The van der Waals surface area contributed by atoms with Gasteiger partial charge in [-0.25, -0.2) is 9.97 Å². The van der Waals surface area contributed by atoms with Crippen molar-refractivity contribution in [3.8, 4) is 5.75 Å². The summed E-state index contributed by atoms with van der Waals surface area (Å²) in [5.74, 6) is 0.226. The molecule has 0 saturated carbocycles. The largest absolute Gasteiger partial charge is 0.497 e. The van der Waals surface area contributed by atoms with Gasteiger partial charge in [0.05, 0.1) is 17.6 Å². The van der Waals surface area contributed by atoms with Crippen LogP contribution in [0.1, 0.15) is 5.56 Å². The SMILES string of the molecule is COc1ccc(Nc2ncnc(Nc3cccc(C(F)(F)F)c3)c2[N+](=O)[O-])cc1. The lowest BCUT2D eigenvalue weighted by atomic mass is 10.2. The van der Waals surface area contributed by atoms with Crippen molar-refractivity contribution in [1.29, 1.82) is 0 Å². The molecule has 0 radical (unpaired) electrons. The summed E-state index contributed by atoms with van der Waals surface area (Å²) in [5.41, 5.74) is -0.911. The Kier molecular flexibility index (Phi) is 5.48. The van der Waals surface area contributed by atoms with E-state index in [2.05, 4.69) is 20.6 Å². The number of benzene rings is 2. The molecule has 0 spiro atoms. The molecule has 150 valence electrons. The van der Waals surface area contributed by atoms with Crippen LogP contribution in [-0.4, -0.2) is 22.0 Å². The van der Waals surface area contributed by atoms with E-state index in [4.69, 9.17) is 4.74 Å². The number of alkyl halides is 3. The minimum absolute atomic E-state index is 0.00276. The van der Waals surface area contributed by atoms with Crippen LogP contribution < -0.4 is 15.4 Å². The fraction of sp³-hybridized carbons (Fsp3) is 0.111. The van der Waals surface area contributed by atoms with Crippen LogP contribution in [0.5, 0.6) is 5.75 Å². The first-order valence-corrected chi connectivity index (χ1v) is 8.12. The number of methoxy groups -OCH3 is 1. The van der Waals surface area contributed by atoms with Gasteiger partial charge in [0, 0.05) is 11.4 Å². The van der Waals surface area contributed by atoms with Gasteiger partial charge >= 0.3 is 11.9 Å². The zero-order valence-corrected chi connectivity index (χ0v) is 14.9. The number of nitro groups is 1. The molecular formula is C18H14F3N5O3. The predicted molar refractivity (Wildman–Crippen MR) is 99.7 cm³/mol. The third kappa shape index (κ3) is 4.69. The predicted octanol–water partition coefficient (Wildman–Crippen LogP) is 4.90. The van der Waals surface area contributed by atoms with Gasteiger partial charge in [-0.05, 0) is 42.5 Å². The van der Waals surface area contributed by atoms with E-state index in [1.165, 1.54) is 19.2 Å². The molecule has 0 unspecified atom stereocenters. The van der Waals surface area contributed by atoms with Crippen molar-refractivity contribution in [1.82, 2.24) is 9.97 Å². The van der Waals surface area contributed by atoms with Gasteiger partial charge in [-0.2, -0.15) is 13.2 Å². The Morgan fingerprint density at radius 1 is 1.00 bits per heavy atom. The number of rotatable bonds is 6. The van der Waals surface area contributed by atoms with Crippen LogP contribution in [0.2, 0.25) is 0 Å². The lowest BCUT2D eigenvalue weighted by Gasteiger charge is -2.12. The monoisotopic (exact) mass is 405 g/mol. The van der Waals surface area contributed by atoms with Crippen molar-refractivity contribution in [3.05, 3.63) is 70.5 Å². The van der Waals surface area contributed by atoms with Gasteiger partial charge in [0.2, 0.25) is 11.6 Å². The second-order valence-electron chi connectivity index (χ2n) is 5.73. The Morgan fingerprint density at radius 3 is 2.17 bits per heavy atom. The average Bonchev–Trinajstić information content (AvgIpc) is 2.68. The van der Waals surface area contributed by atoms with Gasteiger partial charge in [0.1, 0.15) is 12.1 Å². The van der Waals surface area contributed by atoms with Crippen LogP contribution in [0.25, 0.3) is 0 Å². The molecule has 2 N–H and O–H groups in total. The average molecular weight is 405 g/mol. The molecule has 0 amide bonds. The number of hydrogen-bond donors (Lipinski definition) is 2. The molecule has 1 heterocycles. The summed E-state index contributed by atoms with van der Waals surface area (Å²) < 4.78 is 43.7. The van der Waals surface area contributed by atoms with Crippen LogP contribution >= 0.6 is 0 Å². The number of nitrogens with one attached hydrogen (secondary N) is 2. The molecule has 29 heavy (non-hydrogen) atoms. The smallest absolute Gasteiger partial charge is 0.416 e. The summed E-state index contributed by atoms with van der Waals surface area (Å²) in [6, 6.07) is 10.8. The molecule has 0 fully saturated rings. The van der Waals surface area contributed by atoms with Crippen LogP contribution in [0, 0.1) is 10.1 Å². The Labute approximate surface area is 162 Å². The zero-order valence-electron chi connectivity index (χ0n) is 14.9. The van der Waals surface area contributed by atoms with Gasteiger partial charge in [-0.3, -0.25) is 10.1 Å². The highest BCUT2D eigenvalue weighted by Crippen LogP contribution is 2.35. The number of hydrogen-bond acceptors (Lipinski definition) is 7. The number of ether oxygens (including phenoxy) is 1. The minimum atomic E-state index is -4.55. The van der Waals surface area contributed by atoms with Gasteiger partial charge in [-0.15, -0.1) is 0 Å². The molecule has 0 bridgehead atoms. The Balaban J connectivity index is 1.93. The fourth-order valence-corrected chi connectivity index (χ4v) is 2.46. The second kappa shape index (κ2) is 8.00. The maximum absolute atomic E-state index is 12.9. The Hall–Kier alpha value is -3.89. The Morgan fingerprint density at radius 2 is 1.62 bits per heavy atom. The zero-order chi connectivity index (χ0) is 21.0. The van der Waals surface area contributed by atoms with Crippen molar-refractivity contribution in [2.45, 2.75) is 6.18 Å². The van der Waals surface area contributed by atoms with Crippen molar-refractivity contribution in [3.63, 3.8) is 0 Å². The van der Waals surface area contributed by atoms with Crippen LogP contribution in [0.3, 0.4) is 0 Å². The summed E-state index contributed by atoms with van der Waals surface area (Å²) in [4.78, 5) is 18.6. The van der Waals surface area contributed by atoms with Crippen LogP contribution in [0.4, 0.5) is 41.9 Å². The Bertz CT molecular complexity index is 1030. The standard InChI is InChI=1S/C18H14F3N5O3/c1-29-14-7-5-12(6-8-14)24-16-15(26(27)28)17(23-10-22-16)25-13-4-2-3-11(9-13)18(19,20)21/h2-10H,1H3,(H2,22,23,24,25). The molecule has 2 aromatic carbocycles. The molecule has 0 aliphatic carbocycles. The normalized spacial score (nSPS) is 11.0. The van der Waals surface area contributed by atoms with Crippen LogP contribution in [-0.2, 0) is 6.18 Å². The second-order valence-corrected chi connectivity index (χ2v) is 5.73. The van der Waals surface area contributed by atoms with E-state index in [-0.39, 0.29) is 17.3 Å². The first-order chi connectivity index (χ1) is 13.8. The number of aromatic nitrogens is 2. The number of halogens is 3. The fourth-order valence-electron chi connectivity index (χ4n) is 2.46. The highest BCUT2D eigenvalue weighted by molar-refractivity contribution is 5.76. The van der Waals surface area contributed by atoms with Gasteiger partial charge in [0.25, 0.3) is 0 Å². The summed E-state index contributed by atoms with van der Waals surface area (Å²) in [6.07, 6.45) is -3.48. The number of nitrogens with zero attached hydrogens (tertiary/aromatic N) is 3. The quantitative estimate of drug-likeness (QED) is 0.444. The first kappa shape index (κ1) is 19.9. The molecule has 8 nitrogen and oxygen atoms in total. The first-order valence-electron chi connectivity index (χ1n) is 8.12. The lowest BCUT2D eigenvalue weighted by molar-refractivity contribution is -0.383. The molecule has 0 atom stereocenters. The molecule has 1 aromatic heterocycles. The summed E-state index contributed by atoms with van der Waals surface area (Å²) in [7, 11) is 1.50. The van der Waals surface area contributed by atoms with E-state index in [0.29, 0.717) is 11.4 Å². The van der Waals surface area contributed by atoms with Gasteiger partial charge in [0.15, 0.2) is 0 Å². The van der Waals surface area contributed by atoms with Crippen molar-refractivity contribution >= 4 is 28.7 Å². The summed E-state index contributed by atoms with van der Waals surface area (Å²) in [5, 5.41) is 17.0. The van der Waals surface area contributed by atoms with Crippen LogP contribution in [0.15, 0.2) is 54.9 Å². The van der Waals surface area contributed by atoms with E-state index in [1.807, 2.05) is 0 Å². The van der Waals surface area contributed by atoms with Gasteiger partial charge in [-0.1, -0.05) is 6.07 Å². The van der Waals surface area contributed by atoms with E-state index in [9.17, 15) is 23.3 Å². The maximum atomic E-state index is 12.9. The molecule has 0 saturated heterocycles.